The molecule has 0 aliphatic heterocycles. The Morgan fingerprint density at radius 2 is 1.72 bits per heavy atom. The summed E-state index contributed by atoms with van der Waals surface area (Å²) in [5.41, 5.74) is 4.02. The van der Waals surface area contributed by atoms with E-state index in [0.717, 1.165) is 23.9 Å². The lowest BCUT2D eigenvalue weighted by molar-refractivity contribution is 0.327. The Morgan fingerprint density at radius 3 is 2.24 bits per heavy atom. The second kappa shape index (κ2) is 9.56. The van der Waals surface area contributed by atoms with Crippen LogP contribution in [0.5, 0.6) is 0 Å². The van der Waals surface area contributed by atoms with E-state index in [2.05, 4.69) is 63.5 Å². The summed E-state index contributed by atoms with van der Waals surface area (Å²) in [6.07, 6.45) is 7.40. The Hall–Kier alpha value is -1.09. The maximum atomic E-state index is 5.70. The van der Waals surface area contributed by atoms with Gasteiger partial charge in [0.15, 0.2) is 5.11 Å². The van der Waals surface area contributed by atoms with Crippen LogP contribution in [0.15, 0.2) is 18.2 Å². The van der Waals surface area contributed by atoms with Crippen LogP contribution in [0.1, 0.15) is 96.1 Å². The average molecular weight is 361 g/mol. The summed E-state index contributed by atoms with van der Waals surface area (Å²) in [4.78, 5) is 0. The van der Waals surface area contributed by atoms with E-state index in [1.54, 1.807) is 0 Å². The number of para-hydroxylation sites is 1. The summed E-state index contributed by atoms with van der Waals surface area (Å²) in [5.74, 6) is 1.87. The summed E-state index contributed by atoms with van der Waals surface area (Å²) in [5, 5.41) is 7.97. The summed E-state index contributed by atoms with van der Waals surface area (Å²) < 4.78 is 0. The zero-order valence-corrected chi connectivity index (χ0v) is 17.5. The largest absolute Gasteiger partial charge is 0.360 e. The second-order valence-electron chi connectivity index (χ2n) is 8.00. The lowest BCUT2D eigenvalue weighted by Crippen LogP contribution is -2.40. The third kappa shape index (κ3) is 5.44. The maximum Gasteiger partial charge on any atom is 0.171 e. The van der Waals surface area contributed by atoms with Gasteiger partial charge in [-0.3, -0.25) is 0 Å². The molecule has 2 rings (SSSR count). The molecule has 3 heteroatoms. The predicted molar refractivity (Wildman–Crippen MR) is 115 cm³/mol. The van der Waals surface area contributed by atoms with Crippen molar-refractivity contribution in [2.45, 2.75) is 91.0 Å². The van der Waals surface area contributed by atoms with Crippen molar-refractivity contribution in [2.75, 3.05) is 5.32 Å². The minimum atomic E-state index is 0.520. The molecule has 1 aliphatic carbocycles. The Kier molecular flexibility index (Phi) is 7.74. The van der Waals surface area contributed by atoms with E-state index < -0.39 is 0 Å². The number of nitrogens with one attached hydrogen (secondary N) is 2. The predicted octanol–water partition coefficient (Wildman–Crippen LogP) is 6.58. The molecule has 2 nitrogen and oxygen atoms in total. The zero-order valence-electron chi connectivity index (χ0n) is 16.7. The Bertz CT molecular complexity index is 541. The van der Waals surface area contributed by atoms with E-state index >= 15 is 0 Å². The minimum absolute atomic E-state index is 0.520. The van der Waals surface area contributed by atoms with Crippen LogP contribution in [0.3, 0.4) is 0 Å². The first-order chi connectivity index (χ1) is 12.0. The number of thiocarbonyl (C=S) groups is 1. The molecule has 2 N–H and O–H groups in total. The molecule has 0 aromatic heterocycles. The highest BCUT2D eigenvalue weighted by atomic mass is 32.1. The highest BCUT2D eigenvalue weighted by Crippen LogP contribution is 2.35. The highest BCUT2D eigenvalue weighted by Gasteiger charge is 2.21. The third-order valence-electron chi connectivity index (χ3n) is 5.93. The van der Waals surface area contributed by atoms with Crippen LogP contribution in [-0.4, -0.2) is 11.2 Å². The van der Waals surface area contributed by atoms with Gasteiger partial charge >= 0.3 is 0 Å². The van der Waals surface area contributed by atoms with E-state index in [-0.39, 0.29) is 0 Å². The summed E-state index contributed by atoms with van der Waals surface area (Å²) >= 11 is 5.70. The second-order valence-corrected chi connectivity index (χ2v) is 8.41. The number of benzene rings is 1. The van der Waals surface area contributed by atoms with Gasteiger partial charge in [-0.15, -0.1) is 0 Å². The van der Waals surface area contributed by atoms with Gasteiger partial charge in [0, 0.05) is 11.7 Å². The van der Waals surface area contributed by atoms with Crippen LogP contribution in [0.4, 0.5) is 5.69 Å². The van der Waals surface area contributed by atoms with Crippen LogP contribution in [-0.2, 0) is 0 Å². The summed E-state index contributed by atoms with van der Waals surface area (Å²) in [6.45, 7) is 11.5. The molecule has 0 heterocycles. The van der Waals surface area contributed by atoms with Crippen LogP contribution >= 0.6 is 12.2 Å². The van der Waals surface area contributed by atoms with Crippen molar-refractivity contribution in [1.29, 1.82) is 0 Å². The molecule has 4 unspecified atom stereocenters. The smallest absolute Gasteiger partial charge is 0.171 e. The lowest BCUT2D eigenvalue weighted by atomic mass is 9.87. The van der Waals surface area contributed by atoms with Gasteiger partial charge < -0.3 is 10.6 Å². The topological polar surface area (TPSA) is 24.1 Å². The first-order valence-electron chi connectivity index (χ1n) is 10.2. The molecule has 4 atom stereocenters. The summed E-state index contributed by atoms with van der Waals surface area (Å²) in [7, 11) is 0. The first kappa shape index (κ1) is 20.2. The Morgan fingerprint density at radius 1 is 1.12 bits per heavy atom. The van der Waals surface area contributed by atoms with Gasteiger partial charge in [-0.1, -0.05) is 65.7 Å². The standard InChI is InChI=1S/C22H36N2S/c1-6-16(4)19-12-9-13-20(17(5)7-2)21(19)24-22(25)23-18-11-8-10-15(3)14-18/h9,12-13,15-18H,6-8,10-11,14H2,1-5H3,(H2,23,24,25). The number of rotatable bonds is 6. The molecule has 140 valence electrons. The highest BCUT2D eigenvalue weighted by molar-refractivity contribution is 7.80. The SMILES string of the molecule is CCC(C)c1cccc(C(C)CC)c1NC(=S)NC1CCCC(C)C1. The molecule has 1 aliphatic rings. The van der Waals surface area contributed by atoms with Gasteiger partial charge in [0.1, 0.15) is 0 Å². The molecule has 25 heavy (non-hydrogen) atoms. The maximum absolute atomic E-state index is 5.70. The lowest BCUT2D eigenvalue weighted by Gasteiger charge is -2.29. The quantitative estimate of drug-likeness (QED) is 0.560. The molecule has 1 aromatic carbocycles. The van der Waals surface area contributed by atoms with Gasteiger partial charge in [0.2, 0.25) is 0 Å². The van der Waals surface area contributed by atoms with Crippen LogP contribution in [0, 0.1) is 5.92 Å². The average Bonchev–Trinajstić information content (AvgIpc) is 2.60. The number of hydrogen-bond acceptors (Lipinski definition) is 1. The van der Waals surface area contributed by atoms with Crippen molar-refractivity contribution >= 4 is 23.0 Å². The van der Waals surface area contributed by atoms with Crippen molar-refractivity contribution in [2.24, 2.45) is 5.92 Å². The molecule has 0 amide bonds. The van der Waals surface area contributed by atoms with Crippen molar-refractivity contribution in [3.63, 3.8) is 0 Å². The van der Waals surface area contributed by atoms with E-state index in [0.29, 0.717) is 17.9 Å². The summed E-state index contributed by atoms with van der Waals surface area (Å²) in [6, 6.07) is 7.24. The Labute approximate surface area is 160 Å². The van der Waals surface area contributed by atoms with Crippen molar-refractivity contribution in [3.8, 4) is 0 Å². The van der Waals surface area contributed by atoms with Crippen LogP contribution < -0.4 is 10.6 Å². The molecule has 0 saturated heterocycles. The van der Waals surface area contributed by atoms with Gasteiger partial charge in [-0.2, -0.15) is 0 Å². The van der Waals surface area contributed by atoms with Crippen molar-refractivity contribution in [1.82, 2.24) is 5.32 Å². The van der Waals surface area contributed by atoms with E-state index in [1.807, 2.05) is 0 Å². The molecular weight excluding hydrogens is 324 g/mol. The van der Waals surface area contributed by atoms with E-state index in [1.165, 1.54) is 42.5 Å². The molecular formula is C22H36N2S. The van der Waals surface area contributed by atoms with Gasteiger partial charge in [-0.25, -0.2) is 0 Å². The van der Waals surface area contributed by atoms with Crippen molar-refractivity contribution < 1.29 is 0 Å². The number of anilines is 1. The normalized spacial score (nSPS) is 22.9. The fourth-order valence-corrected chi connectivity index (χ4v) is 4.16. The Balaban J connectivity index is 2.19. The molecule has 1 aromatic rings. The van der Waals surface area contributed by atoms with Crippen LogP contribution in [0.2, 0.25) is 0 Å². The fourth-order valence-electron chi connectivity index (χ4n) is 3.89. The first-order valence-corrected chi connectivity index (χ1v) is 10.6. The monoisotopic (exact) mass is 360 g/mol. The van der Waals surface area contributed by atoms with E-state index in [9.17, 15) is 0 Å². The van der Waals surface area contributed by atoms with E-state index in [4.69, 9.17) is 12.2 Å². The molecule has 0 bridgehead atoms. The van der Waals surface area contributed by atoms with Crippen molar-refractivity contribution in [3.05, 3.63) is 29.3 Å². The van der Waals surface area contributed by atoms with Crippen LogP contribution in [0.25, 0.3) is 0 Å². The zero-order chi connectivity index (χ0) is 18.4. The molecule has 0 spiro atoms. The molecule has 1 fully saturated rings. The third-order valence-corrected chi connectivity index (χ3v) is 6.15. The minimum Gasteiger partial charge on any atom is -0.360 e. The van der Waals surface area contributed by atoms with Gasteiger partial charge in [0.05, 0.1) is 0 Å². The van der Waals surface area contributed by atoms with Gasteiger partial charge in [-0.05, 0) is 66.8 Å². The molecule has 0 radical (unpaired) electrons. The fraction of sp³-hybridized carbons (Fsp3) is 0.682. The molecule has 1 saturated carbocycles. The van der Waals surface area contributed by atoms with Gasteiger partial charge in [0.25, 0.3) is 0 Å². The number of hydrogen-bond donors (Lipinski definition) is 2.